The fourth-order valence-electron chi connectivity index (χ4n) is 3.37. The molecule has 1 fully saturated rings. The van der Waals surface area contributed by atoms with Gasteiger partial charge >= 0.3 is 0 Å². The first-order chi connectivity index (χ1) is 14.9. The van der Waals surface area contributed by atoms with E-state index in [-0.39, 0.29) is 12.5 Å². The quantitative estimate of drug-likeness (QED) is 0.320. The maximum absolute atomic E-state index is 12.0. The minimum atomic E-state index is -0.00744. The molecule has 1 aromatic rings. The van der Waals surface area contributed by atoms with Gasteiger partial charge in [-0.3, -0.25) is 9.69 Å². The fourth-order valence-corrected chi connectivity index (χ4v) is 3.37. The van der Waals surface area contributed by atoms with Crippen LogP contribution in [0.5, 0.6) is 0 Å². The SMILES string of the molecule is CC(C)CCOCCNC(=NCC(=O)N(C)C)NC1CCN(Cc2ccccc2)CC1. The van der Waals surface area contributed by atoms with Gasteiger partial charge < -0.3 is 20.3 Å². The molecule has 0 bridgehead atoms. The molecule has 0 unspecified atom stereocenters. The largest absolute Gasteiger partial charge is 0.380 e. The van der Waals surface area contributed by atoms with Gasteiger partial charge in [-0.15, -0.1) is 0 Å². The third kappa shape index (κ3) is 10.6. The van der Waals surface area contributed by atoms with Crippen LogP contribution in [0.25, 0.3) is 0 Å². The van der Waals surface area contributed by atoms with Crippen LogP contribution in [-0.2, 0) is 16.1 Å². The number of amides is 1. The molecule has 0 aliphatic carbocycles. The van der Waals surface area contributed by atoms with Crippen molar-refractivity contribution in [2.45, 2.75) is 45.7 Å². The van der Waals surface area contributed by atoms with Gasteiger partial charge in [-0.1, -0.05) is 44.2 Å². The van der Waals surface area contributed by atoms with Gasteiger partial charge in [0.25, 0.3) is 0 Å². The molecular weight excluding hydrogens is 390 g/mol. The second-order valence-electron chi connectivity index (χ2n) is 8.86. The van der Waals surface area contributed by atoms with E-state index in [1.54, 1.807) is 19.0 Å². The number of likely N-dealkylation sites (N-methyl/N-ethyl adjacent to an activating group) is 1. The Bertz CT molecular complexity index is 655. The topological polar surface area (TPSA) is 69.2 Å². The van der Waals surface area contributed by atoms with Crippen molar-refractivity contribution in [2.24, 2.45) is 10.9 Å². The Balaban J connectivity index is 1.78. The molecule has 1 heterocycles. The van der Waals surface area contributed by atoms with Crippen LogP contribution in [-0.4, -0.2) is 81.2 Å². The lowest BCUT2D eigenvalue weighted by atomic mass is 10.0. The van der Waals surface area contributed by atoms with Crippen molar-refractivity contribution in [3.05, 3.63) is 35.9 Å². The Kier molecular flexibility index (Phi) is 11.4. The highest BCUT2D eigenvalue weighted by atomic mass is 16.5. The molecular formula is C24H41N5O2. The average molecular weight is 432 g/mol. The Hall–Kier alpha value is -2.12. The normalized spacial score (nSPS) is 15.8. The molecule has 31 heavy (non-hydrogen) atoms. The molecule has 1 aliphatic heterocycles. The van der Waals surface area contributed by atoms with Crippen molar-refractivity contribution in [3.8, 4) is 0 Å². The number of guanidine groups is 1. The Morgan fingerprint density at radius 2 is 1.90 bits per heavy atom. The summed E-state index contributed by atoms with van der Waals surface area (Å²) in [6, 6.07) is 11.0. The molecule has 1 amide bonds. The van der Waals surface area contributed by atoms with Crippen LogP contribution in [0.4, 0.5) is 0 Å². The van der Waals surface area contributed by atoms with Gasteiger partial charge in [-0.25, -0.2) is 4.99 Å². The van der Waals surface area contributed by atoms with E-state index >= 15 is 0 Å². The molecule has 7 nitrogen and oxygen atoms in total. The number of hydrogen-bond acceptors (Lipinski definition) is 4. The number of carbonyl (C=O) groups is 1. The van der Waals surface area contributed by atoms with Crippen LogP contribution in [0.1, 0.15) is 38.7 Å². The van der Waals surface area contributed by atoms with Crippen molar-refractivity contribution in [1.82, 2.24) is 20.4 Å². The number of carbonyl (C=O) groups excluding carboxylic acids is 1. The Morgan fingerprint density at radius 1 is 1.19 bits per heavy atom. The van der Waals surface area contributed by atoms with Gasteiger partial charge in [-0.05, 0) is 30.7 Å². The minimum absolute atomic E-state index is 0.00744. The summed E-state index contributed by atoms with van der Waals surface area (Å²) in [7, 11) is 3.51. The van der Waals surface area contributed by atoms with E-state index in [1.165, 1.54) is 5.56 Å². The molecule has 0 saturated carbocycles. The van der Waals surface area contributed by atoms with Crippen LogP contribution in [0, 0.1) is 5.92 Å². The van der Waals surface area contributed by atoms with Gasteiger partial charge in [0.15, 0.2) is 5.96 Å². The summed E-state index contributed by atoms with van der Waals surface area (Å²) in [4.78, 5) is 20.5. The van der Waals surface area contributed by atoms with Crippen molar-refractivity contribution in [1.29, 1.82) is 0 Å². The van der Waals surface area contributed by atoms with Crippen molar-refractivity contribution >= 4 is 11.9 Å². The number of likely N-dealkylation sites (tertiary alicyclic amines) is 1. The second-order valence-corrected chi connectivity index (χ2v) is 8.86. The van der Waals surface area contributed by atoms with Crippen LogP contribution in [0.15, 0.2) is 35.3 Å². The highest BCUT2D eigenvalue weighted by Crippen LogP contribution is 2.13. The van der Waals surface area contributed by atoms with E-state index < -0.39 is 0 Å². The zero-order valence-electron chi connectivity index (χ0n) is 19.8. The summed E-state index contributed by atoms with van der Waals surface area (Å²) >= 11 is 0. The van der Waals surface area contributed by atoms with Crippen LogP contribution in [0.3, 0.4) is 0 Å². The van der Waals surface area contributed by atoms with Crippen LogP contribution < -0.4 is 10.6 Å². The van der Waals surface area contributed by atoms with Crippen molar-refractivity contribution in [2.75, 3.05) is 53.5 Å². The van der Waals surface area contributed by atoms with Gasteiger partial charge in [-0.2, -0.15) is 0 Å². The van der Waals surface area contributed by atoms with Crippen molar-refractivity contribution < 1.29 is 9.53 Å². The maximum atomic E-state index is 12.0. The van der Waals surface area contributed by atoms with E-state index in [0.717, 1.165) is 45.5 Å². The molecule has 2 rings (SSSR count). The number of nitrogens with zero attached hydrogens (tertiary/aromatic N) is 3. The standard InChI is InChI=1S/C24H41N5O2/c1-20(2)12-16-31-17-13-25-24(26-18-23(30)28(3)4)27-22-10-14-29(15-11-22)19-21-8-6-5-7-9-21/h5-9,20,22H,10-19H2,1-4H3,(H2,25,26,27). The molecule has 0 atom stereocenters. The lowest BCUT2D eigenvalue weighted by Gasteiger charge is -2.33. The first kappa shape index (κ1) is 25.1. The highest BCUT2D eigenvalue weighted by Gasteiger charge is 2.20. The van der Waals surface area contributed by atoms with Crippen molar-refractivity contribution in [3.63, 3.8) is 0 Å². The summed E-state index contributed by atoms with van der Waals surface area (Å²) in [5.74, 6) is 1.34. The summed E-state index contributed by atoms with van der Waals surface area (Å²) in [6.45, 7) is 9.72. The number of aliphatic imine (C=N–C) groups is 1. The third-order valence-corrected chi connectivity index (χ3v) is 5.43. The lowest BCUT2D eigenvalue weighted by molar-refractivity contribution is -0.127. The number of piperidine rings is 1. The molecule has 0 aromatic heterocycles. The lowest BCUT2D eigenvalue weighted by Crippen LogP contribution is -2.49. The zero-order valence-corrected chi connectivity index (χ0v) is 19.8. The number of nitrogens with one attached hydrogen (secondary N) is 2. The van der Waals surface area contributed by atoms with E-state index in [1.807, 2.05) is 0 Å². The summed E-state index contributed by atoms with van der Waals surface area (Å²) in [5.41, 5.74) is 1.36. The monoisotopic (exact) mass is 431 g/mol. The zero-order chi connectivity index (χ0) is 22.5. The molecule has 7 heteroatoms. The van der Waals surface area contributed by atoms with E-state index in [4.69, 9.17) is 4.74 Å². The van der Waals surface area contributed by atoms with Gasteiger partial charge in [0.2, 0.25) is 5.91 Å². The Labute approximate surface area is 188 Å². The van der Waals surface area contributed by atoms with Gasteiger partial charge in [0.05, 0.1) is 6.61 Å². The second kappa shape index (κ2) is 14.0. The van der Waals surface area contributed by atoms with E-state index in [9.17, 15) is 4.79 Å². The molecule has 1 aliphatic rings. The first-order valence-corrected chi connectivity index (χ1v) is 11.5. The number of hydrogen-bond donors (Lipinski definition) is 2. The number of benzene rings is 1. The Morgan fingerprint density at radius 3 is 2.55 bits per heavy atom. The maximum Gasteiger partial charge on any atom is 0.243 e. The first-order valence-electron chi connectivity index (χ1n) is 11.5. The predicted molar refractivity (Wildman–Crippen MR) is 127 cm³/mol. The molecule has 174 valence electrons. The number of ether oxygens (including phenoxy) is 1. The summed E-state index contributed by atoms with van der Waals surface area (Å²) in [5, 5.41) is 6.86. The minimum Gasteiger partial charge on any atom is -0.380 e. The third-order valence-electron chi connectivity index (χ3n) is 5.43. The summed E-state index contributed by atoms with van der Waals surface area (Å²) < 4.78 is 5.69. The van der Waals surface area contributed by atoms with Crippen LogP contribution >= 0.6 is 0 Å². The fraction of sp³-hybridized carbons (Fsp3) is 0.667. The van der Waals surface area contributed by atoms with E-state index in [0.29, 0.717) is 31.1 Å². The highest BCUT2D eigenvalue weighted by molar-refractivity contribution is 5.84. The van der Waals surface area contributed by atoms with Crippen LogP contribution in [0.2, 0.25) is 0 Å². The molecule has 0 radical (unpaired) electrons. The predicted octanol–water partition coefficient (Wildman–Crippen LogP) is 2.34. The molecule has 1 saturated heterocycles. The van der Waals surface area contributed by atoms with Gasteiger partial charge in [0, 0.05) is 52.9 Å². The molecule has 1 aromatic carbocycles. The number of rotatable bonds is 11. The molecule has 2 N–H and O–H groups in total. The average Bonchev–Trinajstić information content (AvgIpc) is 2.75. The van der Waals surface area contributed by atoms with Gasteiger partial charge in [0.1, 0.15) is 6.54 Å². The molecule has 0 spiro atoms. The summed E-state index contributed by atoms with van der Waals surface area (Å²) in [6.07, 6.45) is 3.18. The smallest absolute Gasteiger partial charge is 0.243 e. The van der Waals surface area contributed by atoms with E-state index in [2.05, 4.69) is 64.7 Å².